The molecule has 1 fully saturated rings. The van der Waals surface area contributed by atoms with Crippen molar-refractivity contribution in [2.24, 2.45) is 5.41 Å². The molecule has 1 aliphatic carbocycles. The topological polar surface area (TPSA) is 83.1 Å². The van der Waals surface area contributed by atoms with Gasteiger partial charge in [0.15, 0.2) is 0 Å². The molecule has 0 spiro atoms. The zero-order chi connectivity index (χ0) is 28.0. The summed E-state index contributed by atoms with van der Waals surface area (Å²) in [5, 5.41) is 12.8. The highest BCUT2D eigenvalue weighted by Gasteiger charge is 2.36. The van der Waals surface area contributed by atoms with E-state index in [4.69, 9.17) is 26.3 Å². The molecule has 0 atom stereocenters. The molecule has 4 aromatic rings. The molecule has 3 aliphatic rings. The van der Waals surface area contributed by atoms with Gasteiger partial charge in [0.2, 0.25) is 0 Å². The number of rotatable bonds is 6. The first-order valence-corrected chi connectivity index (χ1v) is 14.7. The number of nitriles is 1. The maximum atomic E-state index is 9.92. The Balaban J connectivity index is 1.25. The van der Waals surface area contributed by atoms with Crippen molar-refractivity contribution < 1.29 is 4.74 Å². The molecule has 2 aromatic heterocycles. The van der Waals surface area contributed by atoms with Crippen LogP contribution in [0.4, 0.5) is 11.5 Å². The van der Waals surface area contributed by atoms with Gasteiger partial charge in [0, 0.05) is 36.3 Å². The highest BCUT2D eigenvalue weighted by atomic mass is 35.5. The number of hydrogen-bond acceptors (Lipinski definition) is 7. The lowest BCUT2D eigenvalue weighted by Crippen LogP contribution is -2.38. The van der Waals surface area contributed by atoms with Crippen molar-refractivity contribution in [2.45, 2.75) is 51.7 Å². The summed E-state index contributed by atoms with van der Waals surface area (Å²) in [6.45, 7) is 8.00. The average Bonchev–Trinajstić information content (AvgIpc) is 3.66. The summed E-state index contributed by atoms with van der Waals surface area (Å²) in [5.41, 5.74) is 3.91. The maximum Gasteiger partial charge on any atom is 0.318 e. The SMILES string of the molecule is C=Cc1ncc2n1CCN(c1nc(OCC3(C#N)CCCC3)nc3c1CCN(c1cccc4cccc(Cl)c14)C3)C2. The fourth-order valence-corrected chi connectivity index (χ4v) is 6.93. The summed E-state index contributed by atoms with van der Waals surface area (Å²) in [6.07, 6.45) is 8.38. The van der Waals surface area contributed by atoms with Gasteiger partial charge in [-0.3, -0.25) is 0 Å². The lowest BCUT2D eigenvalue weighted by molar-refractivity contribution is 0.187. The fraction of sp³-hybridized carbons (Fsp3) is 0.375. The van der Waals surface area contributed by atoms with Gasteiger partial charge in [0.1, 0.15) is 18.2 Å². The molecule has 0 saturated heterocycles. The fourth-order valence-electron chi connectivity index (χ4n) is 6.65. The van der Waals surface area contributed by atoms with Crippen LogP contribution in [0, 0.1) is 16.7 Å². The van der Waals surface area contributed by atoms with Gasteiger partial charge in [0.05, 0.1) is 47.2 Å². The Hall–Kier alpha value is -4.09. The third kappa shape index (κ3) is 4.58. The van der Waals surface area contributed by atoms with E-state index in [0.717, 1.165) is 102 Å². The summed E-state index contributed by atoms with van der Waals surface area (Å²) >= 11 is 6.70. The molecule has 1 saturated carbocycles. The minimum Gasteiger partial charge on any atom is -0.462 e. The van der Waals surface area contributed by atoms with Crippen molar-refractivity contribution in [1.82, 2.24) is 19.5 Å². The third-order valence-corrected chi connectivity index (χ3v) is 9.18. The molecule has 208 valence electrons. The van der Waals surface area contributed by atoms with Crippen LogP contribution in [0.15, 0.2) is 49.2 Å². The van der Waals surface area contributed by atoms with Gasteiger partial charge < -0.3 is 19.1 Å². The Morgan fingerprint density at radius 2 is 1.88 bits per heavy atom. The molecule has 0 N–H and O–H groups in total. The maximum absolute atomic E-state index is 9.92. The van der Waals surface area contributed by atoms with Crippen LogP contribution in [0.25, 0.3) is 16.8 Å². The first-order valence-electron chi connectivity index (χ1n) is 14.4. The van der Waals surface area contributed by atoms with Gasteiger partial charge in [-0.15, -0.1) is 0 Å². The Labute approximate surface area is 244 Å². The molecule has 0 bridgehead atoms. The lowest BCUT2D eigenvalue weighted by atomic mass is 9.89. The largest absolute Gasteiger partial charge is 0.462 e. The number of anilines is 2. The molecule has 0 unspecified atom stereocenters. The van der Waals surface area contributed by atoms with Crippen LogP contribution in [0.2, 0.25) is 5.02 Å². The van der Waals surface area contributed by atoms with Crippen LogP contribution in [0.5, 0.6) is 6.01 Å². The molecule has 4 heterocycles. The predicted octanol–water partition coefficient (Wildman–Crippen LogP) is 6.17. The third-order valence-electron chi connectivity index (χ3n) is 8.87. The minimum absolute atomic E-state index is 0.319. The number of ether oxygens (including phenoxy) is 1. The molecule has 41 heavy (non-hydrogen) atoms. The number of nitrogens with zero attached hydrogens (tertiary/aromatic N) is 7. The zero-order valence-electron chi connectivity index (χ0n) is 23.0. The minimum atomic E-state index is -0.454. The Kier molecular flexibility index (Phi) is 6.55. The predicted molar refractivity (Wildman–Crippen MR) is 161 cm³/mol. The van der Waals surface area contributed by atoms with Gasteiger partial charge in [-0.25, -0.2) is 4.98 Å². The van der Waals surface area contributed by atoms with Gasteiger partial charge in [-0.1, -0.05) is 55.3 Å². The Morgan fingerprint density at radius 3 is 2.68 bits per heavy atom. The molecule has 9 heteroatoms. The van der Waals surface area contributed by atoms with Crippen molar-refractivity contribution in [3.63, 3.8) is 0 Å². The summed E-state index contributed by atoms with van der Waals surface area (Å²) in [6, 6.07) is 15.2. The van der Waals surface area contributed by atoms with E-state index in [1.54, 1.807) is 6.08 Å². The van der Waals surface area contributed by atoms with Crippen LogP contribution in [-0.2, 0) is 26.1 Å². The number of hydrogen-bond donors (Lipinski definition) is 0. The highest BCUT2D eigenvalue weighted by molar-refractivity contribution is 6.36. The van der Waals surface area contributed by atoms with Crippen molar-refractivity contribution in [3.8, 4) is 12.1 Å². The number of fused-ring (bicyclic) bond motifs is 3. The van der Waals surface area contributed by atoms with Crippen molar-refractivity contribution in [2.75, 3.05) is 29.5 Å². The summed E-state index contributed by atoms with van der Waals surface area (Å²) in [4.78, 5) is 19.2. The van der Waals surface area contributed by atoms with E-state index < -0.39 is 5.41 Å². The summed E-state index contributed by atoms with van der Waals surface area (Å²) in [7, 11) is 0. The van der Waals surface area contributed by atoms with Crippen molar-refractivity contribution >= 4 is 40.0 Å². The molecular formula is C32H32ClN7O. The molecule has 0 radical (unpaired) electrons. The van der Waals surface area contributed by atoms with Gasteiger partial charge in [-0.05, 0) is 42.9 Å². The van der Waals surface area contributed by atoms with Crippen LogP contribution < -0.4 is 14.5 Å². The number of halogens is 1. The second-order valence-corrected chi connectivity index (χ2v) is 11.7. The number of imidazole rings is 1. The van der Waals surface area contributed by atoms with Crippen LogP contribution >= 0.6 is 11.6 Å². The van der Waals surface area contributed by atoms with Crippen molar-refractivity contribution in [3.05, 3.63) is 77.0 Å². The highest BCUT2D eigenvalue weighted by Crippen LogP contribution is 2.39. The monoisotopic (exact) mass is 565 g/mol. The van der Waals surface area contributed by atoms with E-state index in [1.165, 1.54) is 0 Å². The van der Waals surface area contributed by atoms with E-state index in [2.05, 4.69) is 56.3 Å². The summed E-state index contributed by atoms with van der Waals surface area (Å²) < 4.78 is 8.48. The first kappa shape index (κ1) is 25.8. The Morgan fingerprint density at radius 1 is 1.05 bits per heavy atom. The normalized spacial score (nSPS) is 17.7. The van der Waals surface area contributed by atoms with E-state index in [1.807, 2.05) is 18.3 Å². The van der Waals surface area contributed by atoms with E-state index in [-0.39, 0.29) is 0 Å². The van der Waals surface area contributed by atoms with Gasteiger partial charge in [-0.2, -0.15) is 15.2 Å². The van der Waals surface area contributed by atoms with E-state index in [0.29, 0.717) is 25.7 Å². The summed E-state index contributed by atoms with van der Waals surface area (Å²) in [5.74, 6) is 1.82. The van der Waals surface area contributed by atoms with E-state index >= 15 is 0 Å². The molecule has 8 nitrogen and oxygen atoms in total. The molecule has 7 rings (SSSR count). The Bertz CT molecular complexity index is 1680. The van der Waals surface area contributed by atoms with E-state index in [9.17, 15) is 5.26 Å². The smallest absolute Gasteiger partial charge is 0.318 e. The quantitative estimate of drug-likeness (QED) is 0.276. The molecule has 2 aromatic carbocycles. The molecule has 0 amide bonds. The van der Waals surface area contributed by atoms with Crippen LogP contribution in [-0.4, -0.2) is 39.2 Å². The average molecular weight is 566 g/mol. The standard InChI is InChI=1S/C32H32ClN7O/c1-2-28-35-17-23-18-39(15-16-40(23)28)30-24-11-14-38(27-10-6-8-22-7-5-9-25(33)29(22)27)19-26(24)36-31(37-30)41-21-32(20-34)12-3-4-13-32/h2,5-10,17H,1,3-4,11-16,18-19,21H2. The number of aromatic nitrogens is 4. The van der Waals surface area contributed by atoms with Crippen molar-refractivity contribution in [1.29, 1.82) is 5.26 Å². The van der Waals surface area contributed by atoms with Crippen LogP contribution in [0.1, 0.15) is 48.5 Å². The van der Waals surface area contributed by atoms with Gasteiger partial charge in [0.25, 0.3) is 0 Å². The second kappa shape index (κ2) is 10.4. The van der Waals surface area contributed by atoms with Crippen LogP contribution in [0.3, 0.4) is 0 Å². The zero-order valence-corrected chi connectivity index (χ0v) is 23.8. The number of benzene rings is 2. The van der Waals surface area contributed by atoms with Gasteiger partial charge >= 0.3 is 6.01 Å². The lowest BCUT2D eigenvalue weighted by Gasteiger charge is -2.36. The molecular weight excluding hydrogens is 534 g/mol. The first-order chi connectivity index (χ1) is 20.1. The second-order valence-electron chi connectivity index (χ2n) is 11.3. The molecule has 2 aliphatic heterocycles.